The molecule has 3 rings (SSSR count). The second-order valence-electron chi connectivity index (χ2n) is 5.21. The van der Waals surface area contributed by atoms with Crippen LogP contribution in [0.5, 0.6) is 0 Å². The molecule has 0 radical (unpaired) electrons. The van der Waals surface area contributed by atoms with Gasteiger partial charge in [-0.3, -0.25) is 9.59 Å². The molecule has 0 atom stereocenters. The minimum atomic E-state index is -1.36. The first-order chi connectivity index (χ1) is 12.1. The summed E-state index contributed by atoms with van der Waals surface area (Å²) < 4.78 is 0.728. The third kappa shape index (κ3) is 3.50. The molecular weight excluding hydrogens is 324 g/mol. The fourth-order valence-electron chi connectivity index (χ4n) is 2.39. The number of amides is 1. The number of hydrogen-bond donors (Lipinski definition) is 2. The molecule has 2 aromatic carbocycles. The first-order valence-corrected chi connectivity index (χ1v) is 7.42. The number of nitrogens with one attached hydrogen (secondary N) is 1. The number of rotatable bonds is 5. The van der Waals surface area contributed by atoms with Crippen molar-refractivity contribution in [3.05, 3.63) is 76.7 Å². The molecule has 3 aromatic rings. The van der Waals surface area contributed by atoms with Gasteiger partial charge in [0.2, 0.25) is 0 Å². The van der Waals surface area contributed by atoms with Crippen molar-refractivity contribution in [3.8, 4) is 0 Å². The number of carbonyl (C=O) groups is 2. The molecule has 0 fully saturated rings. The number of hydrogen-bond acceptors (Lipinski definition) is 4. The molecule has 1 aromatic heterocycles. The smallest absolute Gasteiger partial charge is 0.341 e. The lowest BCUT2D eigenvalue weighted by atomic mass is 10.1. The molecule has 0 bridgehead atoms. The summed E-state index contributed by atoms with van der Waals surface area (Å²) in [6.07, 6.45) is 1.25. The lowest BCUT2D eigenvalue weighted by Gasteiger charge is -2.11. The molecule has 0 saturated heterocycles. The Hall–Kier alpha value is -3.61. The van der Waals surface area contributed by atoms with E-state index in [9.17, 15) is 14.4 Å². The van der Waals surface area contributed by atoms with Crippen molar-refractivity contribution in [1.29, 1.82) is 0 Å². The van der Waals surface area contributed by atoms with E-state index in [0.29, 0.717) is 5.69 Å². The van der Waals surface area contributed by atoms with Crippen molar-refractivity contribution < 1.29 is 19.5 Å². The molecule has 0 unspecified atom stereocenters. The number of carboxylic acid groups (broad SMARTS) is 1. The number of carbonyl (C=O) groups excluding carboxylic acids is 1. The van der Waals surface area contributed by atoms with Gasteiger partial charge in [0, 0.05) is 17.3 Å². The lowest BCUT2D eigenvalue weighted by molar-refractivity contribution is -0.120. The van der Waals surface area contributed by atoms with Gasteiger partial charge in [0.15, 0.2) is 6.61 Å². The van der Waals surface area contributed by atoms with Gasteiger partial charge in [0.1, 0.15) is 5.56 Å². The van der Waals surface area contributed by atoms with Crippen LogP contribution in [0.1, 0.15) is 10.4 Å². The molecule has 0 aliphatic rings. The van der Waals surface area contributed by atoms with Crippen molar-refractivity contribution in [2.45, 2.75) is 0 Å². The van der Waals surface area contributed by atoms with Crippen LogP contribution in [-0.4, -0.2) is 28.3 Å². The molecule has 0 aliphatic heterocycles. The third-order valence-electron chi connectivity index (χ3n) is 3.54. The van der Waals surface area contributed by atoms with Crippen LogP contribution in [0.25, 0.3) is 10.8 Å². The van der Waals surface area contributed by atoms with Crippen LogP contribution in [0.15, 0.2) is 65.6 Å². The molecule has 25 heavy (non-hydrogen) atoms. The zero-order valence-corrected chi connectivity index (χ0v) is 13.0. The minimum absolute atomic E-state index is 0.433. The predicted octanol–water partition coefficient (Wildman–Crippen LogP) is 1.77. The Morgan fingerprint density at radius 1 is 1.04 bits per heavy atom. The van der Waals surface area contributed by atoms with Gasteiger partial charge in [0.05, 0.1) is 0 Å². The Morgan fingerprint density at radius 2 is 1.80 bits per heavy atom. The van der Waals surface area contributed by atoms with Crippen LogP contribution in [0.4, 0.5) is 5.69 Å². The Morgan fingerprint density at radius 3 is 2.60 bits per heavy atom. The molecule has 1 amide bonds. The topological polar surface area (TPSA) is 97.6 Å². The Bertz CT molecular complexity index is 1000. The van der Waals surface area contributed by atoms with Gasteiger partial charge < -0.3 is 15.3 Å². The van der Waals surface area contributed by atoms with Gasteiger partial charge in [-0.2, -0.15) is 4.73 Å². The monoisotopic (exact) mass is 338 g/mol. The van der Waals surface area contributed by atoms with Crippen LogP contribution in [0.2, 0.25) is 0 Å². The van der Waals surface area contributed by atoms with Crippen molar-refractivity contribution in [2.24, 2.45) is 0 Å². The maximum Gasteiger partial charge on any atom is 0.341 e. The zero-order valence-electron chi connectivity index (χ0n) is 13.0. The molecule has 126 valence electrons. The summed E-state index contributed by atoms with van der Waals surface area (Å²) in [6, 6.07) is 15.6. The minimum Gasteiger partial charge on any atom is -0.477 e. The maximum absolute atomic E-state index is 12.1. The molecule has 7 nitrogen and oxygen atoms in total. The van der Waals surface area contributed by atoms with Crippen molar-refractivity contribution in [1.82, 2.24) is 4.73 Å². The molecular formula is C18H14N2O5. The summed E-state index contributed by atoms with van der Waals surface area (Å²) in [5.41, 5.74) is -0.650. The van der Waals surface area contributed by atoms with Crippen LogP contribution in [0, 0.1) is 0 Å². The highest BCUT2D eigenvalue weighted by molar-refractivity contribution is 6.02. The maximum atomic E-state index is 12.1. The van der Waals surface area contributed by atoms with Gasteiger partial charge in [-0.25, -0.2) is 4.79 Å². The van der Waals surface area contributed by atoms with Gasteiger partial charge in [-0.1, -0.05) is 36.4 Å². The molecule has 7 heteroatoms. The highest BCUT2D eigenvalue weighted by atomic mass is 16.7. The summed E-state index contributed by atoms with van der Waals surface area (Å²) in [4.78, 5) is 40.0. The molecule has 0 spiro atoms. The van der Waals surface area contributed by atoms with E-state index in [1.807, 2.05) is 36.4 Å². The number of nitrogens with zero attached hydrogens (tertiary/aromatic N) is 1. The number of carboxylic acids is 1. The molecule has 1 heterocycles. The standard InChI is InChI=1S/C18H14N2O5/c21-16(11-25-20-10-4-8-14(17(20)22)18(23)24)19-15-9-3-6-12-5-1-2-7-13(12)15/h1-10H,11H2,(H,19,21)(H,23,24). The summed E-state index contributed by atoms with van der Waals surface area (Å²) in [5, 5.41) is 13.5. The van der Waals surface area contributed by atoms with E-state index in [1.54, 1.807) is 6.07 Å². The Balaban J connectivity index is 1.72. The van der Waals surface area contributed by atoms with Crippen LogP contribution in [0.3, 0.4) is 0 Å². The van der Waals surface area contributed by atoms with E-state index in [1.165, 1.54) is 18.3 Å². The normalized spacial score (nSPS) is 10.4. The predicted molar refractivity (Wildman–Crippen MR) is 91.7 cm³/mol. The molecule has 0 aliphatic carbocycles. The lowest BCUT2D eigenvalue weighted by Crippen LogP contribution is -2.34. The molecule has 0 saturated carbocycles. The number of aromatic carboxylic acids is 1. The van der Waals surface area contributed by atoms with E-state index in [0.717, 1.165) is 15.5 Å². The number of aromatic nitrogens is 1. The van der Waals surface area contributed by atoms with E-state index in [4.69, 9.17) is 9.94 Å². The summed E-state index contributed by atoms with van der Waals surface area (Å²) in [5.74, 6) is -1.83. The van der Waals surface area contributed by atoms with Gasteiger partial charge >= 0.3 is 5.97 Å². The fraction of sp³-hybridized carbons (Fsp3) is 0.0556. The largest absolute Gasteiger partial charge is 0.477 e. The number of fused-ring (bicyclic) bond motifs is 1. The Kier molecular flexibility index (Phi) is 4.47. The first-order valence-electron chi connectivity index (χ1n) is 7.42. The van der Waals surface area contributed by atoms with E-state index >= 15 is 0 Å². The van der Waals surface area contributed by atoms with Gasteiger partial charge in [-0.05, 0) is 23.6 Å². The number of pyridine rings is 1. The third-order valence-corrected chi connectivity index (χ3v) is 3.54. The van der Waals surface area contributed by atoms with Crippen molar-refractivity contribution in [3.63, 3.8) is 0 Å². The van der Waals surface area contributed by atoms with E-state index in [-0.39, 0.29) is 0 Å². The van der Waals surface area contributed by atoms with Crippen molar-refractivity contribution in [2.75, 3.05) is 11.9 Å². The second kappa shape index (κ2) is 6.88. The highest BCUT2D eigenvalue weighted by Crippen LogP contribution is 2.22. The van der Waals surface area contributed by atoms with E-state index in [2.05, 4.69) is 5.32 Å². The SMILES string of the molecule is O=C(COn1cccc(C(=O)O)c1=O)Nc1cccc2ccccc12. The highest BCUT2D eigenvalue weighted by Gasteiger charge is 2.12. The summed E-state index contributed by atoms with van der Waals surface area (Å²) in [7, 11) is 0. The van der Waals surface area contributed by atoms with Crippen molar-refractivity contribution >= 4 is 28.3 Å². The summed E-state index contributed by atoms with van der Waals surface area (Å²) >= 11 is 0. The average molecular weight is 338 g/mol. The number of benzene rings is 2. The van der Waals surface area contributed by atoms with Crippen LogP contribution < -0.4 is 15.7 Å². The molecule has 2 N–H and O–H groups in total. The van der Waals surface area contributed by atoms with Gasteiger partial charge in [0.25, 0.3) is 11.5 Å². The van der Waals surface area contributed by atoms with Gasteiger partial charge in [-0.15, -0.1) is 0 Å². The average Bonchev–Trinajstić information content (AvgIpc) is 2.61. The second-order valence-corrected chi connectivity index (χ2v) is 5.21. The first kappa shape index (κ1) is 16.3. The van der Waals surface area contributed by atoms with Crippen LogP contribution in [-0.2, 0) is 4.79 Å². The number of anilines is 1. The zero-order chi connectivity index (χ0) is 17.8. The quantitative estimate of drug-likeness (QED) is 0.739. The van der Waals surface area contributed by atoms with Crippen LogP contribution >= 0.6 is 0 Å². The van der Waals surface area contributed by atoms with E-state index < -0.39 is 29.6 Å². The Labute approximate surface area is 142 Å². The summed E-state index contributed by atoms with van der Waals surface area (Å²) in [6.45, 7) is -0.438. The fourth-order valence-corrected chi connectivity index (χ4v) is 2.39.